The van der Waals surface area contributed by atoms with Gasteiger partial charge in [-0.25, -0.2) is 4.79 Å². The molecule has 0 saturated heterocycles. The number of ether oxygens (including phenoxy) is 1. The zero-order valence-electron chi connectivity index (χ0n) is 15.8. The number of allylic oxidation sites excluding steroid dienone is 1. The van der Waals surface area contributed by atoms with Crippen LogP contribution in [0.3, 0.4) is 0 Å². The molecule has 26 heavy (non-hydrogen) atoms. The molecule has 1 aliphatic heterocycles. The van der Waals surface area contributed by atoms with Gasteiger partial charge < -0.3 is 9.64 Å². The molecule has 136 valence electrons. The van der Waals surface area contributed by atoms with Gasteiger partial charge in [-0.3, -0.25) is 0 Å². The number of nitrogens with zero attached hydrogens (tertiary/aromatic N) is 1. The number of benzene rings is 2. The van der Waals surface area contributed by atoms with Gasteiger partial charge in [0.15, 0.2) is 0 Å². The molecule has 0 radical (unpaired) electrons. The van der Waals surface area contributed by atoms with Gasteiger partial charge >= 0.3 is 5.97 Å². The molecule has 1 unspecified atom stereocenters. The second kappa shape index (κ2) is 8.22. The Morgan fingerprint density at radius 2 is 1.73 bits per heavy atom. The summed E-state index contributed by atoms with van der Waals surface area (Å²) in [6, 6.07) is 20.9. The minimum atomic E-state index is -0.187. The summed E-state index contributed by atoms with van der Waals surface area (Å²) >= 11 is 0. The van der Waals surface area contributed by atoms with Crippen LogP contribution in [0.4, 0.5) is 0 Å². The van der Waals surface area contributed by atoms with Crippen molar-refractivity contribution in [1.29, 1.82) is 0 Å². The lowest BCUT2D eigenvalue weighted by atomic mass is 10.0. The van der Waals surface area contributed by atoms with Gasteiger partial charge in [0.2, 0.25) is 0 Å². The van der Waals surface area contributed by atoms with Crippen LogP contribution in [-0.2, 0) is 16.1 Å². The standard InChI is InChI=1S/C23H27NO2/c1-4-21-15-22(23(25)26-16-19-11-7-5-8-12-19)18(3)24(21)17(2)20-13-9-6-10-14-20/h5-14,17,21H,4,15-16H2,1-3H3/t17-,21?/m0/s1. The predicted octanol–water partition coefficient (Wildman–Crippen LogP) is 5.25. The first-order valence-electron chi connectivity index (χ1n) is 9.36. The van der Waals surface area contributed by atoms with E-state index in [-0.39, 0.29) is 12.0 Å². The summed E-state index contributed by atoms with van der Waals surface area (Å²) in [6.45, 7) is 6.76. The minimum Gasteiger partial charge on any atom is -0.457 e. The first kappa shape index (κ1) is 18.2. The highest BCUT2D eigenvalue weighted by atomic mass is 16.5. The lowest BCUT2D eigenvalue weighted by Crippen LogP contribution is -2.31. The number of carbonyl (C=O) groups is 1. The highest BCUT2D eigenvalue weighted by Gasteiger charge is 2.35. The van der Waals surface area contributed by atoms with Gasteiger partial charge in [0, 0.05) is 18.2 Å². The van der Waals surface area contributed by atoms with E-state index in [1.54, 1.807) is 0 Å². The van der Waals surface area contributed by atoms with E-state index in [0.717, 1.165) is 29.7 Å². The van der Waals surface area contributed by atoms with Crippen molar-refractivity contribution in [3.05, 3.63) is 83.1 Å². The quantitative estimate of drug-likeness (QED) is 0.667. The van der Waals surface area contributed by atoms with E-state index in [1.165, 1.54) is 5.56 Å². The third kappa shape index (κ3) is 3.82. The molecular weight excluding hydrogens is 322 g/mol. The van der Waals surface area contributed by atoms with Crippen LogP contribution in [0, 0.1) is 0 Å². The second-order valence-corrected chi connectivity index (χ2v) is 6.89. The lowest BCUT2D eigenvalue weighted by molar-refractivity contribution is -0.140. The highest BCUT2D eigenvalue weighted by molar-refractivity contribution is 5.90. The molecule has 2 aromatic rings. The molecule has 0 spiro atoms. The molecule has 0 fully saturated rings. The summed E-state index contributed by atoms with van der Waals surface area (Å²) in [7, 11) is 0. The average Bonchev–Trinajstić information content (AvgIpc) is 3.03. The number of rotatable bonds is 6. The van der Waals surface area contributed by atoms with Gasteiger partial charge in [0.1, 0.15) is 6.61 Å². The summed E-state index contributed by atoms with van der Waals surface area (Å²) in [4.78, 5) is 15.1. The number of hydrogen-bond acceptors (Lipinski definition) is 3. The highest BCUT2D eigenvalue weighted by Crippen LogP contribution is 2.38. The molecule has 0 saturated carbocycles. The van der Waals surface area contributed by atoms with Gasteiger partial charge in [-0.05, 0) is 31.4 Å². The molecule has 0 aromatic heterocycles. The molecule has 0 amide bonds. The summed E-state index contributed by atoms with van der Waals surface area (Å²) < 4.78 is 5.59. The van der Waals surface area contributed by atoms with Gasteiger partial charge in [0.05, 0.1) is 11.6 Å². The smallest absolute Gasteiger partial charge is 0.336 e. The molecule has 0 N–H and O–H groups in total. The van der Waals surface area contributed by atoms with Gasteiger partial charge in [0.25, 0.3) is 0 Å². The Hall–Kier alpha value is -2.55. The van der Waals surface area contributed by atoms with Crippen LogP contribution in [0.15, 0.2) is 71.9 Å². The fourth-order valence-electron chi connectivity index (χ4n) is 3.79. The number of hydrogen-bond donors (Lipinski definition) is 0. The van der Waals surface area contributed by atoms with Crippen molar-refractivity contribution in [3.63, 3.8) is 0 Å². The molecule has 2 aromatic carbocycles. The van der Waals surface area contributed by atoms with Crippen molar-refractivity contribution >= 4 is 5.97 Å². The molecule has 3 rings (SSSR count). The number of esters is 1. The van der Waals surface area contributed by atoms with E-state index in [2.05, 4.69) is 43.0 Å². The monoisotopic (exact) mass is 349 g/mol. The summed E-state index contributed by atoms with van der Waals surface area (Å²) in [5, 5.41) is 0. The van der Waals surface area contributed by atoms with E-state index >= 15 is 0 Å². The predicted molar refractivity (Wildman–Crippen MR) is 104 cm³/mol. The van der Waals surface area contributed by atoms with Crippen LogP contribution in [0.2, 0.25) is 0 Å². The van der Waals surface area contributed by atoms with Crippen molar-refractivity contribution in [2.45, 2.75) is 52.3 Å². The number of carbonyl (C=O) groups excluding carboxylic acids is 1. The molecule has 2 atom stereocenters. The van der Waals surface area contributed by atoms with Gasteiger partial charge in [-0.1, -0.05) is 67.6 Å². The Labute approximate surface area is 156 Å². The van der Waals surface area contributed by atoms with Crippen molar-refractivity contribution in [2.75, 3.05) is 0 Å². The Bertz CT molecular complexity index is 767. The SMILES string of the molecule is CCC1CC(C(=O)OCc2ccccc2)=C(C)N1[C@@H](C)c1ccccc1. The fraction of sp³-hybridized carbons (Fsp3) is 0.348. The molecule has 1 heterocycles. The van der Waals surface area contributed by atoms with E-state index in [4.69, 9.17) is 4.74 Å². The first-order chi connectivity index (χ1) is 12.6. The molecule has 1 aliphatic rings. The van der Waals surface area contributed by atoms with Crippen molar-refractivity contribution in [2.24, 2.45) is 0 Å². The molecule has 0 aliphatic carbocycles. The van der Waals surface area contributed by atoms with Crippen LogP contribution >= 0.6 is 0 Å². The topological polar surface area (TPSA) is 29.5 Å². The zero-order chi connectivity index (χ0) is 18.5. The normalized spacial score (nSPS) is 18.1. The zero-order valence-corrected chi connectivity index (χ0v) is 15.8. The van der Waals surface area contributed by atoms with E-state index < -0.39 is 0 Å². The van der Waals surface area contributed by atoms with Crippen molar-refractivity contribution < 1.29 is 9.53 Å². The van der Waals surface area contributed by atoms with Gasteiger partial charge in [-0.2, -0.15) is 0 Å². The average molecular weight is 349 g/mol. The minimum absolute atomic E-state index is 0.187. The summed E-state index contributed by atoms with van der Waals surface area (Å²) in [5.41, 5.74) is 4.14. The van der Waals surface area contributed by atoms with Crippen LogP contribution in [0.1, 0.15) is 50.8 Å². The van der Waals surface area contributed by atoms with Crippen LogP contribution < -0.4 is 0 Å². The van der Waals surface area contributed by atoms with E-state index in [1.807, 2.05) is 43.3 Å². The molecule has 0 bridgehead atoms. The second-order valence-electron chi connectivity index (χ2n) is 6.89. The van der Waals surface area contributed by atoms with Crippen molar-refractivity contribution in [3.8, 4) is 0 Å². The molecular formula is C23H27NO2. The first-order valence-corrected chi connectivity index (χ1v) is 9.36. The van der Waals surface area contributed by atoms with E-state index in [9.17, 15) is 4.79 Å². The largest absolute Gasteiger partial charge is 0.457 e. The van der Waals surface area contributed by atoms with Gasteiger partial charge in [-0.15, -0.1) is 0 Å². The van der Waals surface area contributed by atoms with Crippen molar-refractivity contribution in [1.82, 2.24) is 4.90 Å². The Kier molecular flexibility index (Phi) is 5.77. The third-order valence-corrected chi connectivity index (χ3v) is 5.29. The Morgan fingerprint density at radius 1 is 1.12 bits per heavy atom. The maximum Gasteiger partial charge on any atom is 0.336 e. The maximum absolute atomic E-state index is 12.7. The van der Waals surface area contributed by atoms with Crippen LogP contribution in [0.5, 0.6) is 0 Å². The van der Waals surface area contributed by atoms with Crippen LogP contribution in [-0.4, -0.2) is 16.9 Å². The fourth-order valence-corrected chi connectivity index (χ4v) is 3.79. The Morgan fingerprint density at radius 3 is 2.35 bits per heavy atom. The maximum atomic E-state index is 12.7. The summed E-state index contributed by atoms with van der Waals surface area (Å²) in [5.74, 6) is -0.187. The van der Waals surface area contributed by atoms with Crippen LogP contribution in [0.25, 0.3) is 0 Å². The third-order valence-electron chi connectivity index (χ3n) is 5.29. The van der Waals surface area contributed by atoms with E-state index in [0.29, 0.717) is 12.6 Å². The Balaban J connectivity index is 1.76. The summed E-state index contributed by atoms with van der Waals surface area (Å²) in [6.07, 6.45) is 1.76. The lowest BCUT2D eigenvalue weighted by Gasteiger charge is -2.34. The molecule has 3 nitrogen and oxygen atoms in total. The molecule has 3 heteroatoms.